The predicted molar refractivity (Wildman–Crippen MR) is 122 cm³/mol. The van der Waals surface area contributed by atoms with Gasteiger partial charge in [0.15, 0.2) is 0 Å². The van der Waals surface area contributed by atoms with E-state index in [0.717, 1.165) is 46.6 Å². The third-order valence-electron chi connectivity index (χ3n) is 5.22. The number of nitrogens with zero attached hydrogens (tertiary/aromatic N) is 3. The van der Waals surface area contributed by atoms with E-state index in [-0.39, 0.29) is 0 Å². The number of rotatable bonds is 8. The molecule has 0 spiro atoms. The van der Waals surface area contributed by atoms with Crippen molar-refractivity contribution in [3.05, 3.63) is 66.1 Å². The lowest BCUT2D eigenvalue weighted by atomic mass is 10.1. The number of ether oxygens (including phenoxy) is 1. The summed E-state index contributed by atoms with van der Waals surface area (Å²) in [6.45, 7) is 3.08. The van der Waals surface area contributed by atoms with Crippen LogP contribution in [0.15, 0.2) is 55.0 Å². The summed E-state index contributed by atoms with van der Waals surface area (Å²) >= 11 is 0. The van der Waals surface area contributed by atoms with Crippen molar-refractivity contribution < 1.29 is 4.74 Å². The standard InChI is InChI=1S/C23H28N6O/c1-25-14-21(24)18-4-5-19-13-27-22(12-20(19)11-18)28-16-30-15-17-6-7-26-23(10-17)29-8-2-3-9-29/h4-7,10-14,25H,2-3,8-9,15-16,24H2,1H3,(H,27,28)/b21-14-. The van der Waals surface area contributed by atoms with E-state index in [9.17, 15) is 0 Å². The molecule has 3 aromatic rings. The lowest BCUT2D eigenvalue weighted by Gasteiger charge is -2.17. The summed E-state index contributed by atoms with van der Waals surface area (Å²) in [5.41, 5.74) is 8.86. The van der Waals surface area contributed by atoms with Gasteiger partial charge in [0.1, 0.15) is 18.4 Å². The highest BCUT2D eigenvalue weighted by Crippen LogP contribution is 2.21. The second-order valence-electron chi connectivity index (χ2n) is 7.41. The molecule has 0 saturated carbocycles. The molecular formula is C23H28N6O. The summed E-state index contributed by atoms with van der Waals surface area (Å²) in [5, 5.41) is 8.33. The Morgan fingerprint density at radius 2 is 2.00 bits per heavy atom. The maximum atomic E-state index is 6.08. The van der Waals surface area contributed by atoms with E-state index in [4.69, 9.17) is 10.5 Å². The van der Waals surface area contributed by atoms with Crippen molar-refractivity contribution in [3.8, 4) is 0 Å². The van der Waals surface area contributed by atoms with Gasteiger partial charge in [0.25, 0.3) is 0 Å². The van der Waals surface area contributed by atoms with Crippen LogP contribution in [0.5, 0.6) is 0 Å². The van der Waals surface area contributed by atoms with Gasteiger partial charge in [-0.1, -0.05) is 12.1 Å². The van der Waals surface area contributed by atoms with Crippen molar-refractivity contribution in [2.75, 3.05) is 37.1 Å². The fraction of sp³-hybridized carbons (Fsp3) is 0.304. The first kappa shape index (κ1) is 20.0. The number of nitrogens with two attached hydrogens (primary N) is 1. The Balaban J connectivity index is 1.34. The molecule has 0 bridgehead atoms. The zero-order valence-electron chi connectivity index (χ0n) is 17.3. The number of hydrogen-bond acceptors (Lipinski definition) is 7. The van der Waals surface area contributed by atoms with Crippen molar-refractivity contribution in [1.29, 1.82) is 0 Å². The van der Waals surface area contributed by atoms with Gasteiger partial charge in [-0.3, -0.25) is 0 Å². The van der Waals surface area contributed by atoms with Crippen LogP contribution >= 0.6 is 0 Å². The molecule has 1 fully saturated rings. The number of anilines is 2. The van der Waals surface area contributed by atoms with Crippen LogP contribution in [-0.2, 0) is 11.3 Å². The molecule has 1 aliphatic rings. The van der Waals surface area contributed by atoms with Crippen LogP contribution in [0.2, 0.25) is 0 Å². The van der Waals surface area contributed by atoms with Crippen LogP contribution in [0.3, 0.4) is 0 Å². The Hall–Kier alpha value is -3.32. The van der Waals surface area contributed by atoms with Gasteiger partial charge in [-0.15, -0.1) is 0 Å². The molecule has 4 rings (SSSR count). The molecule has 30 heavy (non-hydrogen) atoms. The molecular weight excluding hydrogens is 376 g/mol. The maximum Gasteiger partial charge on any atom is 0.128 e. The van der Waals surface area contributed by atoms with Gasteiger partial charge in [0.2, 0.25) is 0 Å². The first-order valence-electron chi connectivity index (χ1n) is 10.3. The highest BCUT2D eigenvalue weighted by atomic mass is 16.5. The predicted octanol–water partition coefficient (Wildman–Crippen LogP) is 3.29. The van der Waals surface area contributed by atoms with E-state index >= 15 is 0 Å². The van der Waals surface area contributed by atoms with Crippen molar-refractivity contribution in [3.63, 3.8) is 0 Å². The minimum Gasteiger partial charge on any atom is -0.397 e. The van der Waals surface area contributed by atoms with Crippen LogP contribution in [0.4, 0.5) is 11.6 Å². The van der Waals surface area contributed by atoms with Crippen LogP contribution in [0.1, 0.15) is 24.0 Å². The summed E-state index contributed by atoms with van der Waals surface area (Å²) in [6, 6.07) is 12.2. The maximum absolute atomic E-state index is 6.08. The zero-order chi connectivity index (χ0) is 20.8. The second-order valence-corrected chi connectivity index (χ2v) is 7.41. The average molecular weight is 405 g/mol. The molecule has 1 saturated heterocycles. The van der Waals surface area contributed by atoms with Crippen LogP contribution in [-0.4, -0.2) is 36.8 Å². The highest BCUT2D eigenvalue weighted by Gasteiger charge is 2.13. The van der Waals surface area contributed by atoms with Gasteiger partial charge in [0, 0.05) is 44.1 Å². The zero-order valence-corrected chi connectivity index (χ0v) is 17.3. The van der Waals surface area contributed by atoms with Crippen molar-refractivity contribution in [2.45, 2.75) is 19.4 Å². The molecule has 4 N–H and O–H groups in total. The lowest BCUT2D eigenvalue weighted by Crippen LogP contribution is -2.19. The average Bonchev–Trinajstić information content (AvgIpc) is 3.32. The number of aromatic nitrogens is 2. The molecule has 7 heteroatoms. The fourth-order valence-corrected chi connectivity index (χ4v) is 3.62. The summed E-state index contributed by atoms with van der Waals surface area (Å²) in [7, 11) is 1.83. The van der Waals surface area contributed by atoms with Crippen LogP contribution < -0.4 is 21.3 Å². The minimum absolute atomic E-state index is 0.376. The highest BCUT2D eigenvalue weighted by molar-refractivity contribution is 5.87. The molecule has 0 radical (unpaired) electrons. The molecule has 0 amide bonds. The van der Waals surface area contributed by atoms with Gasteiger partial charge in [-0.2, -0.15) is 0 Å². The molecule has 0 atom stereocenters. The molecule has 156 valence electrons. The van der Waals surface area contributed by atoms with E-state index in [1.807, 2.05) is 43.7 Å². The molecule has 7 nitrogen and oxygen atoms in total. The van der Waals surface area contributed by atoms with Gasteiger partial charge in [-0.25, -0.2) is 9.97 Å². The number of pyridine rings is 2. The third-order valence-corrected chi connectivity index (χ3v) is 5.22. The fourth-order valence-electron chi connectivity index (χ4n) is 3.62. The number of fused-ring (bicyclic) bond motifs is 1. The molecule has 1 aliphatic heterocycles. The number of nitrogens with one attached hydrogen (secondary N) is 2. The Bertz CT molecular complexity index is 1030. The largest absolute Gasteiger partial charge is 0.397 e. The van der Waals surface area contributed by atoms with Crippen molar-refractivity contribution in [1.82, 2.24) is 15.3 Å². The summed E-state index contributed by atoms with van der Waals surface area (Å²) in [6.07, 6.45) is 7.97. The van der Waals surface area contributed by atoms with Crippen molar-refractivity contribution in [2.24, 2.45) is 5.73 Å². The monoisotopic (exact) mass is 404 g/mol. The number of hydrogen-bond donors (Lipinski definition) is 3. The summed E-state index contributed by atoms with van der Waals surface area (Å²) < 4.78 is 5.81. The van der Waals surface area contributed by atoms with Gasteiger partial charge >= 0.3 is 0 Å². The van der Waals surface area contributed by atoms with Gasteiger partial charge in [0.05, 0.1) is 12.3 Å². The normalized spacial score (nSPS) is 14.3. The van der Waals surface area contributed by atoms with Gasteiger partial charge < -0.3 is 26.0 Å². The summed E-state index contributed by atoms with van der Waals surface area (Å²) in [5.74, 6) is 1.81. The topological polar surface area (TPSA) is 88.3 Å². The van der Waals surface area contributed by atoms with E-state index in [2.05, 4.69) is 37.6 Å². The lowest BCUT2D eigenvalue weighted by molar-refractivity contribution is 0.138. The SMILES string of the molecule is CN/C=C(\N)c1ccc2cnc(NCOCc3ccnc(N4CCCC4)c3)cc2c1. The molecule has 0 aliphatic carbocycles. The Morgan fingerprint density at radius 1 is 1.13 bits per heavy atom. The Morgan fingerprint density at radius 3 is 2.83 bits per heavy atom. The molecule has 0 unspecified atom stereocenters. The second kappa shape index (κ2) is 9.45. The minimum atomic E-state index is 0.376. The van der Waals surface area contributed by atoms with Crippen LogP contribution in [0, 0.1) is 0 Å². The number of benzene rings is 1. The quantitative estimate of drug-likeness (QED) is 0.392. The Kier molecular flexibility index (Phi) is 6.29. The Labute approximate surface area is 177 Å². The molecule has 2 aromatic heterocycles. The van der Waals surface area contributed by atoms with E-state index < -0.39 is 0 Å². The van der Waals surface area contributed by atoms with E-state index in [0.29, 0.717) is 19.0 Å². The van der Waals surface area contributed by atoms with E-state index in [1.54, 1.807) is 6.20 Å². The first-order chi connectivity index (χ1) is 14.7. The third kappa shape index (κ3) is 4.80. The molecule has 3 heterocycles. The van der Waals surface area contributed by atoms with E-state index in [1.165, 1.54) is 12.8 Å². The smallest absolute Gasteiger partial charge is 0.128 e. The first-order valence-corrected chi connectivity index (χ1v) is 10.3. The summed E-state index contributed by atoms with van der Waals surface area (Å²) in [4.78, 5) is 11.3. The van der Waals surface area contributed by atoms with Crippen LogP contribution in [0.25, 0.3) is 16.5 Å². The van der Waals surface area contributed by atoms with Crippen molar-refractivity contribution >= 4 is 28.1 Å². The molecule has 1 aromatic carbocycles. The van der Waals surface area contributed by atoms with Gasteiger partial charge in [-0.05, 0) is 53.6 Å².